The third-order valence-corrected chi connectivity index (χ3v) is 6.05. The topological polar surface area (TPSA) is 69.7 Å². The normalized spacial score (nSPS) is 18.8. The Hall–Kier alpha value is -3.67. The summed E-state index contributed by atoms with van der Waals surface area (Å²) in [7, 11) is 0. The van der Waals surface area contributed by atoms with E-state index in [1.165, 1.54) is 0 Å². The minimum Gasteiger partial charge on any atom is -0.326 e. The first-order valence-corrected chi connectivity index (χ1v) is 10.6. The highest BCUT2D eigenvalue weighted by molar-refractivity contribution is 6.08. The van der Waals surface area contributed by atoms with Crippen molar-refractivity contribution >= 4 is 45.6 Å². The molecule has 2 saturated heterocycles. The van der Waals surface area contributed by atoms with Crippen LogP contribution in [0.25, 0.3) is 10.8 Å². The molecule has 2 aliphatic rings. The van der Waals surface area contributed by atoms with Gasteiger partial charge in [-0.3, -0.25) is 14.4 Å². The molecule has 2 fully saturated rings. The maximum atomic E-state index is 12.9. The van der Waals surface area contributed by atoms with Gasteiger partial charge in [-0.15, -0.1) is 0 Å². The van der Waals surface area contributed by atoms with Crippen molar-refractivity contribution < 1.29 is 14.4 Å². The lowest BCUT2D eigenvalue weighted by atomic mass is 10.1. The second-order valence-corrected chi connectivity index (χ2v) is 8.09. The molecule has 1 N–H and O–H groups in total. The number of carbonyl (C=O) groups excluding carboxylic acids is 3. The lowest BCUT2D eigenvalue weighted by molar-refractivity contribution is -0.122. The van der Waals surface area contributed by atoms with Crippen molar-refractivity contribution in [2.75, 3.05) is 28.2 Å². The monoisotopic (exact) mass is 413 g/mol. The van der Waals surface area contributed by atoms with Crippen LogP contribution in [-0.2, 0) is 14.4 Å². The van der Waals surface area contributed by atoms with Crippen molar-refractivity contribution in [3.05, 3.63) is 66.7 Å². The molecular formula is C25H23N3O3. The fourth-order valence-corrected chi connectivity index (χ4v) is 4.48. The Balaban J connectivity index is 1.32. The van der Waals surface area contributed by atoms with E-state index in [1.54, 1.807) is 15.9 Å². The van der Waals surface area contributed by atoms with Crippen LogP contribution in [0.4, 0.5) is 17.1 Å². The first-order chi connectivity index (χ1) is 15.1. The predicted molar refractivity (Wildman–Crippen MR) is 121 cm³/mol. The molecule has 2 heterocycles. The average Bonchev–Trinajstić information content (AvgIpc) is 3.39. The number of nitrogens with one attached hydrogen (secondary N) is 1. The van der Waals surface area contributed by atoms with E-state index in [1.807, 2.05) is 60.7 Å². The molecule has 1 unspecified atom stereocenters. The summed E-state index contributed by atoms with van der Waals surface area (Å²) in [5.41, 5.74) is 2.27. The molecule has 0 aliphatic carbocycles. The third-order valence-electron chi connectivity index (χ3n) is 6.05. The molecule has 6 heteroatoms. The standard InChI is InChI=1S/C25H23N3O3/c29-23-12-5-13-27(23)20-9-4-8-19(15-20)26-25(31)18-14-24(30)28(16-18)22-11-3-7-17-6-1-2-10-21(17)22/h1-4,6-11,15,18H,5,12-14,16H2,(H,26,31). The molecule has 156 valence electrons. The summed E-state index contributed by atoms with van der Waals surface area (Å²) in [6.45, 7) is 1.05. The van der Waals surface area contributed by atoms with Gasteiger partial charge in [-0.1, -0.05) is 42.5 Å². The number of anilines is 3. The molecule has 2 aliphatic heterocycles. The van der Waals surface area contributed by atoms with E-state index in [-0.39, 0.29) is 24.1 Å². The van der Waals surface area contributed by atoms with E-state index < -0.39 is 5.92 Å². The van der Waals surface area contributed by atoms with E-state index in [9.17, 15) is 14.4 Å². The van der Waals surface area contributed by atoms with Crippen molar-refractivity contribution in [1.82, 2.24) is 0 Å². The van der Waals surface area contributed by atoms with Gasteiger partial charge in [-0.2, -0.15) is 0 Å². The van der Waals surface area contributed by atoms with Gasteiger partial charge in [0.25, 0.3) is 0 Å². The van der Waals surface area contributed by atoms with Crippen LogP contribution in [0.2, 0.25) is 0 Å². The van der Waals surface area contributed by atoms with Crippen LogP contribution in [-0.4, -0.2) is 30.8 Å². The zero-order chi connectivity index (χ0) is 21.4. The molecule has 3 amide bonds. The third kappa shape index (κ3) is 3.65. The fourth-order valence-electron chi connectivity index (χ4n) is 4.48. The molecule has 0 aromatic heterocycles. The Labute approximate surface area is 180 Å². The second-order valence-electron chi connectivity index (χ2n) is 8.09. The molecule has 0 spiro atoms. The van der Waals surface area contributed by atoms with E-state index in [0.717, 1.165) is 28.6 Å². The number of rotatable bonds is 4. The Morgan fingerprint density at radius 1 is 0.903 bits per heavy atom. The van der Waals surface area contributed by atoms with Gasteiger partial charge >= 0.3 is 0 Å². The largest absolute Gasteiger partial charge is 0.326 e. The average molecular weight is 413 g/mol. The van der Waals surface area contributed by atoms with Crippen molar-refractivity contribution in [2.45, 2.75) is 19.3 Å². The van der Waals surface area contributed by atoms with Crippen LogP contribution < -0.4 is 15.1 Å². The summed E-state index contributed by atoms with van der Waals surface area (Å²) in [5.74, 6) is -0.548. The summed E-state index contributed by atoms with van der Waals surface area (Å²) in [6, 6.07) is 21.1. The number of amides is 3. The summed E-state index contributed by atoms with van der Waals surface area (Å²) >= 11 is 0. The molecule has 0 radical (unpaired) electrons. The lowest BCUT2D eigenvalue weighted by Crippen LogP contribution is -2.28. The van der Waals surface area contributed by atoms with Crippen LogP contribution in [0.5, 0.6) is 0 Å². The van der Waals surface area contributed by atoms with Gasteiger partial charge in [0.2, 0.25) is 17.7 Å². The molecule has 0 saturated carbocycles. The van der Waals surface area contributed by atoms with Gasteiger partial charge < -0.3 is 15.1 Å². The molecular weight excluding hydrogens is 390 g/mol. The van der Waals surface area contributed by atoms with Crippen LogP contribution in [0.15, 0.2) is 66.7 Å². The number of hydrogen-bond acceptors (Lipinski definition) is 3. The smallest absolute Gasteiger partial charge is 0.229 e. The van der Waals surface area contributed by atoms with Crippen LogP contribution in [0.1, 0.15) is 19.3 Å². The minimum atomic E-state index is -0.427. The summed E-state index contributed by atoms with van der Waals surface area (Å²) in [4.78, 5) is 41.2. The summed E-state index contributed by atoms with van der Waals surface area (Å²) in [5, 5.41) is 5.00. The molecule has 3 aromatic rings. The molecule has 0 bridgehead atoms. The maximum Gasteiger partial charge on any atom is 0.229 e. The van der Waals surface area contributed by atoms with Crippen molar-refractivity contribution in [1.29, 1.82) is 0 Å². The Kier molecular flexibility index (Phi) is 4.90. The lowest BCUT2D eigenvalue weighted by Gasteiger charge is -2.19. The van der Waals surface area contributed by atoms with Crippen LogP contribution >= 0.6 is 0 Å². The van der Waals surface area contributed by atoms with Gasteiger partial charge in [-0.25, -0.2) is 0 Å². The predicted octanol–water partition coefficient (Wildman–Crippen LogP) is 3.96. The first-order valence-electron chi connectivity index (χ1n) is 10.6. The maximum absolute atomic E-state index is 12.9. The van der Waals surface area contributed by atoms with E-state index >= 15 is 0 Å². The molecule has 1 atom stereocenters. The van der Waals surface area contributed by atoms with Gasteiger partial charge in [0.15, 0.2) is 0 Å². The number of carbonyl (C=O) groups is 3. The first kappa shape index (κ1) is 19.3. The highest BCUT2D eigenvalue weighted by Crippen LogP contribution is 2.32. The fraction of sp³-hybridized carbons (Fsp3) is 0.240. The van der Waals surface area contributed by atoms with E-state index in [4.69, 9.17) is 0 Å². The van der Waals surface area contributed by atoms with Gasteiger partial charge in [0, 0.05) is 42.7 Å². The zero-order valence-electron chi connectivity index (χ0n) is 17.1. The number of nitrogens with zero attached hydrogens (tertiary/aromatic N) is 2. The second kappa shape index (κ2) is 7.87. The Bertz CT molecular complexity index is 1180. The van der Waals surface area contributed by atoms with Gasteiger partial charge in [0.1, 0.15) is 0 Å². The SMILES string of the molecule is O=C(Nc1cccc(N2CCCC2=O)c1)C1CC(=O)N(c2cccc3ccccc23)C1. The van der Waals surface area contributed by atoms with Crippen molar-refractivity contribution in [3.8, 4) is 0 Å². The highest BCUT2D eigenvalue weighted by atomic mass is 16.2. The molecule has 5 rings (SSSR count). The van der Waals surface area contributed by atoms with Gasteiger partial charge in [0.05, 0.1) is 11.6 Å². The highest BCUT2D eigenvalue weighted by Gasteiger charge is 2.35. The Morgan fingerprint density at radius 2 is 1.71 bits per heavy atom. The number of benzene rings is 3. The molecule has 6 nitrogen and oxygen atoms in total. The summed E-state index contributed by atoms with van der Waals surface area (Å²) < 4.78 is 0. The number of hydrogen-bond donors (Lipinski definition) is 1. The zero-order valence-corrected chi connectivity index (χ0v) is 17.1. The van der Waals surface area contributed by atoms with Crippen molar-refractivity contribution in [2.24, 2.45) is 5.92 Å². The van der Waals surface area contributed by atoms with Crippen LogP contribution in [0, 0.1) is 5.92 Å². The van der Waals surface area contributed by atoms with E-state index in [2.05, 4.69) is 5.32 Å². The van der Waals surface area contributed by atoms with Gasteiger partial charge in [-0.05, 0) is 36.1 Å². The van der Waals surface area contributed by atoms with Crippen LogP contribution in [0.3, 0.4) is 0 Å². The summed E-state index contributed by atoms with van der Waals surface area (Å²) in [6.07, 6.45) is 1.59. The minimum absolute atomic E-state index is 0.0482. The molecule has 31 heavy (non-hydrogen) atoms. The van der Waals surface area contributed by atoms with E-state index in [0.29, 0.717) is 25.2 Å². The molecule has 3 aromatic carbocycles. The van der Waals surface area contributed by atoms with Crippen molar-refractivity contribution in [3.63, 3.8) is 0 Å². The number of fused-ring (bicyclic) bond motifs is 1. The quantitative estimate of drug-likeness (QED) is 0.704. The Morgan fingerprint density at radius 3 is 2.55 bits per heavy atom.